The molecule has 0 radical (unpaired) electrons. The van der Waals surface area contributed by atoms with E-state index in [2.05, 4.69) is 10.1 Å². The van der Waals surface area contributed by atoms with Gasteiger partial charge < -0.3 is 5.11 Å². The SMILES string of the molecule is Cc1cc(CO)nn1-c1cc(Cc2cc(F)cc(C(F)(F)F)c2)ccn1. The summed E-state index contributed by atoms with van der Waals surface area (Å²) in [5.41, 5.74) is 1.09. The van der Waals surface area contributed by atoms with Gasteiger partial charge in [-0.3, -0.25) is 0 Å². The Morgan fingerprint density at radius 1 is 1.08 bits per heavy atom. The minimum absolute atomic E-state index is 0.115. The van der Waals surface area contributed by atoms with E-state index in [1.54, 1.807) is 25.1 Å². The van der Waals surface area contributed by atoms with Crippen molar-refractivity contribution >= 4 is 0 Å². The van der Waals surface area contributed by atoms with E-state index < -0.39 is 17.6 Å². The Bertz CT molecular complexity index is 934. The molecule has 0 bridgehead atoms. The van der Waals surface area contributed by atoms with Crippen molar-refractivity contribution in [1.82, 2.24) is 14.8 Å². The van der Waals surface area contributed by atoms with Crippen LogP contribution in [0.2, 0.25) is 0 Å². The Morgan fingerprint density at radius 2 is 1.85 bits per heavy atom. The maximum Gasteiger partial charge on any atom is 0.416 e. The standard InChI is InChI=1S/C18H15F4N3O/c1-11-4-16(10-26)24-25(11)17-8-12(2-3-23-17)5-13-6-14(18(20,21)22)9-15(19)7-13/h2-4,6-9,26H,5,10H2,1H3. The third-order valence-corrected chi connectivity index (χ3v) is 3.82. The summed E-state index contributed by atoms with van der Waals surface area (Å²) in [5, 5.41) is 13.4. The van der Waals surface area contributed by atoms with Crippen LogP contribution in [0, 0.1) is 12.7 Å². The molecule has 1 N–H and O–H groups in total. The van der Waals surface area contributed by atoms with Gasteiger partial charge in [0.15, 0.2) is 5.82 Å². The zero-order chi connectivity index (χ0) is 18.9. The smallest absolute Gasteiger partial charge is 0.390 e. The van der Waals surface area contributed by atoms with Crippen molar-refractivity contribution < 1.29 is 22.7 Å². The molecule has 26 heavy (non-hydrogen) atoms. The number of benzene rings is 1. The van der Waals surface area contributed by atoms with Gasteiger partial charge in [-0.1, -0.05) is 0 Å². The van der Waals surface area contributed by atoms with Crippen LogP contribution in [0.25, 0.3) is 5.82 Å². The quantitative estimate of drug-likeness (QED) is 0.715. The highest BCUT2D eigenvalue weighted by molar-refractivity contribution is 5.35. The third-order valence-electron chi connectivity index (χ3n) is 3.82. The molecule has 8 heteroatoms. The van der Waals surface area contributed by atoms with Crippen molar-refractivity contribution in [3.05, 3.63) is 76.5 Å². The summed E-state index contributed by atoms with van der Waals surface area (Å²) in [6, 6.07) is 7.51. The van der Waals surface area contributed by atoms with Gasteiger partial charge in [0, 0.05) is 11.9 Å². The fraction of sp³-hybridized carbons (Fsp3) is 0.222. The number of hydrogen-bond donors (Lipinski definition) is 1. The highest BCUT2D eigenvalue weighted by atomic mass is 19.4. The van der Waals surface area contributed by atoms with E-state index in [0.717, 1.165) is 17.8 Å². The van der Waals surface area contributed by atoms with Crippen LogP contribution in [0.1, 0.15) is 28.1 Å². The second-order valence-corrected chi connectivity index (χ2v) is 5.89. The minimum Gasteiger partial charge on any atom is -0.390 e. The summed E-state index contributed by atoms with van der Waals surface area (Å²) < 4.78 is 53.6. The molecule has 0 unspecified atom stereocenters. The molecule has 2 heterocycles. The van der Waals surface area contributed by atoms with Gasteiger partial charge >= 0.3 is 6.18 Å². The van der Waals surface area contributed by atoms with Gasteiger partial charge in [0.25, 0.3) is 0 Å². The van der Waals surface area contributed by atoms with Crippen molar-refractivity contribution in [3.8, 4) is 5.82 Å². The van der Waals surface area contributed by atoms with Gasteiger partial charge in [-0.15, -0.1) is 0 Å². The van der Waals surface area contributed by atoms with Gasteiger partial charge in [-0.05, 0) is 60.9 Å². The average molecular weight is 365 g/mol. The van der Waals surface area contributed by atoms with Crippen molar-refractivity contribution in [2.45, 2.75) is 26.1 Å². The van der Waals surface area contributed by atoms with E-state index in [-0.39, 0.29) is 18.6 Å². The average Bonchev–Trinajstić information content (AvgIpc) is 2.95. The number of aliphatic hydroxyl groups is 1. The normalized spacial score (nSPS) is 11.8. The van der Waals surface area contributed by atoms with Crippen LogP contribution in [0.15, 0.2) is 42.6 Å². The molecule has 0 spiro atoms. The number of aromatic nitrogens is 3. The van der Waals surface area contributed by atoms with E-state index in [1.165, 1.54) is 10.9 Å². The lowest BCUT2D eigenvalue weighted by atomic mass is 10.0. The molecule has 0 fully saturated rings. The second kappa shape index (κ2) is 6.87. The molecule has 0 saturated carbocycles. The number of nitrogens with zero attached hydrogens (tertiary/aromatic N) is 3. The van der Waals surface area contributed by atoms with Crippen LogP contribution in [0.3, 0.4) is 0 Å². The maximum absolute atomic E-state index is 13.5. The number of halogens is 4. The fourth-order valence-electron chi connectivity index (χ4n) is 2.69. The number of hydrogen-bond acceptors (Lipinski definition) is 3. The lowest BCUT2D eigenvalue weighted by Gasteiger charge is -2.10. The fourth-order valence-corrected chi connectivity index (χ4v) is 2.69. The van der Waals surface area contributed by atoms with Crippen LogP contribution in [0.4, 0.5) is 17.6 Å². The third kappa shape index (κ3) is 3.91. The van der Waals surface area contributed by atoms with Crippen LogP contribution < -0.4 is 0 Å². The first-order valence-corrected chi connectivity index (χ1v) is 7.74. The van der Waals surface area contributed by atoms with Gasteiger partial charge in [0.2, 0.25) is 0 Å². The van der Waals surface area contributed by atoms with E-state index in [4.69, 9.17) is 5.11 Å². The Morgan fingerprint density at radius 3 is 2.50 bits per heavy atom. The highest BCUT2D eigenvalue weighted by Gasteiger charge is 2.31. The summed E-state index contributed by atoms with van der Waals surface area (Å²) in [6.07, 6.45) is -2.98. The van der Waals surface area contributed by atoms with Gasteiger partial charge in [-0.25, -0.2) is 14.1 Å². The molecule has 0 aliphatic rings. The minimum atomic E-state index is -4.60. The molecule has 2 aromatic heterocycles. The summed E-state index contributed by atoms with van der Waals surface area (Å²) in [6.45, 7) is 1.58. The summed E-state index contributed by atoms with van der Waals surface area (Å²) in [4.78, 5) is 4.20. The number of aryl methyl sites for hydroxylation is 1. The Kier molecular flexibility index (Phi) is 4.78. The summed E-state index contributed by atoms with van der Waals surface area (Å²) in [5.74, 6) is -0.466. The zero-order valence-corrected chi connectivity index (χ0v) is 13.8. The highest BCUT2D eigenvalue weighted by Crippen LogP contribution is 2.31. The van der Waals surface area contributed by atoms with Gasteiger partial charge in [-0.2, -0.15) is 18.3 Å². The molecule has 0 saturated heterocycles. The number of alkyl halides is 3. The molecular formula is C18H15F4N3O. The van der Waals surface area contributed by atoms with E-state index in [9.17, 15) is 17.6 Å². The molecular weight excluding hydrogens is 350 g/mol. The van der Waals surface area contributed by atoms with Crippen molar-refractivity contribution in [2.24, 2.45) is 0 Å². The number of pyridine rings is 1. The maximum atomic E-state index is 13.5. The van der Waals surface area contributed by atoms with Gasteiger partial charge in [0.05, 0.1) is 17.9 Å². The molecule has 1 aromatic carbocycles. The van der Waals surface area contributed by atoms with E-state index in [1.807, 2.05) is 0 Å². The van der Waals surface area contributed by atoms with E-state index in [0.29, 0.717) is 23.1 Å². The molecule has 136 valence electrons. The van der Waals surface area contributed by atoms with Crippen LogP contribution in [-0.2, 0) is 19.2 Å². The second-order valence-electron chi connectivity index (χ2n) is 5.89. The Hall–Kier alpha value is -2.74. The Balaban J connectivity index is 1.92. The summed E-state index contributed by atoms with van der Waals surface area (Å²) >= 11 is 0. The molecule has 0 aliphatic heterocycles. The lowest BCUT2D eigenvalue weighted by molar-refractivity contribution is -0.137. The molecule has 3 rings (SSSR count). The summed E-state index contributed by atoms with van der Waals surface area (Å²) in [7, 11) is 0. The Labute approximate surface area is 146 Å². The number of aliphatic hydroxyl groups excluding tert-OH is 1. The van der Waals surface area contributed by atoms with Crippen molar-refractivity contribution in [2.75, 3.05) is 0 Å². The lowest BCUT2D eigenvalue weighted by Crippen LogP contribution is -2.07. The first-order chi connectivity index (χ1) is 12.3. The van der Waals surface area contributed by atoms with Crippen LogP contribution in [-0.4, -0.2) is 19.9 Å². The van der Waals surface area contributed by atoms with Crippen LogP contribution >= 0.6 is 0 Å². The molecule has 0 amide bonds. The van der Waals surface area contributed by atoms with Crippen LogP contribution in [0.5, 0.6) is 0 Å². The monoisotopic (exact) mass is 365 g/mol. The first-order valence-electron chi connectivity index (χ1n) is 7.74. The largest absolute Gasteiger partial charge is 0.416 e. The van der Waals surface area contributed by atoms with Crippen molar-refractivity contribution in [1.29, 1.82) is 0 Å². The predicted molar refractivity (Wildman–Crippen MR) is 86.2 cm³/mol. The predicted octanol–water partition coefficient (Wildman–Crippen LogP) is 3.82. The number of rotatable bonds is 4. The molecule has 3 aromatic rings. The van der Waals surface area contributed by atoms with Gasteiger partial charge in [0.1, 0.15) is 5.82 Å². The molecule has 0 atom stereocenters. The molecule has 0 aliphatic carbocycles. The topological polar surface area (TPSA) is 50.9 Å². The van der Waals surface area contributed by atoms with Crippen molar-refractivity contribution in [3.63, 3.8) is 0 Å². The molecule has 4 nitrogen and oxygen atoms in total. The first kappa shape index (κ1) is 18.1. The zero-order valence-electron chi connectivity index (χ0n) is 13.8. The van der Waals surface area contributed by atoms with E-state index >= 15 is 0 Å².